The molecule has 128 valence electrons. The molecule has 0 saturated heterocycles. The normalized spacial score (nSPS) is 9.88. The van der Waals surface area contributed by atoms with Crippen LogP contribution in [0.4, 0.5) is 0 Å². The van der Waals surface area contributed by atoms with Gasteiger partial charge in [0.25, 0.3) is 0 Å². The minimum absolute atomic E-state index is 0.119. The van der Waals surface area contributed by atoms with Crippen molar-refractivity contribution in [3.63, 3.8) is 0 Å². The highest BCUT2D eigenvalue weighted by Gasteiger charge is 2.16. The van der Waals surface area contributed by atoms with Crippen LogP contribution in [-0.2, 0) is 0 Å². The number of aromatic hydroxyl groups is 1. The van der Waals surface area contributed by atoms with Crippen LogP contribution in [0.3, 0.4) is 0 Å². The number of hydrogen-bond acceptors (Lipinski definition) is 4. The van der Waals surface area contributed by atoms with Crippen molar-refractivity contribution in [2.75, 3.05) is 7.11 Å². The Hall–Kier alpha value is -3.78. The van der Waals surface area contributed by atoms with Crippen LogP contribution >= 0.6 is 0 Å². The van der Waals surface area contributed by atoms with E-state index in [4.69, 9.17) is 4.74 Å². The summed E-state index contributed by atoms with van der Waals surface area (Å²) >= 11 is 0. The Morgan fingerprint density at radius 2 is 1.88 bits per heavy atom. The standard InChI is InChI=1S/C21H15NO4/c1-26-18-11-16(12-22-13-18)20-15(5-3-7-19(20)21(24)25)9-8-14-4-2-6-17(23)10-14/h2-7,10-13,23H,1H3,(H,24,25). The van der Waals surface area contributed by atoms with E-state index in [0.29, 0.717) is 28.0 Å². The molecule has 0 spiro atoms. The van der Waals surface area contributed by atoms with Gasteiger partial charge in [-0.3, -0.25) is 4.98 Å². The number of benzene rings is 2. The average Bonchev–Trinajstić information content (AvgIpc) is 2.66. The molecule has 0 bridgehead atoms. The summed E-state index contributed by atoms with van der Waals surface area (Å²) in [5.41, 5.74) is 2.37. The fourth-order valence-corrected chi connectivity index (χ4v) is 2.54. The molecule has 0 saturated carbocycles. The number of phenols is 1. The van der Waals surface area contributed by atoms with E-state index >= 15 is 0 Å². The molecule has 0 radical (unpaired) electrons. The first-order valence-corrected chi connectivity index (χ1v) is 7.75. The molecular weight excluding hydrogens is 330 g/mol. The third-order valence-corrected chi connectivity index (χ3v) is 3.72. The molecule has 0 aliphatic rings. The molecule has 5 nitrogen and oxygen atoms in total. The molecule has 0 fully saturated rings. The van der Waals surface area contributed by atoms with Crippen LogP contribution in [0.15, 0.2) is 60.9 Å². The first-order valence-electron chi connectivity index (χ1n) is 7.75. The lowest BCUT2D eigenvalue weighted by atomic mass is 9.95. The number of phenolic OH excluding ortho intramolecular Hbond substituents is 1. The summed E-state index contributed by atoms with van der Waals surface area (Å²) in [5.74, 6) is 5.54. The van der Waals surface area contributed by atoms with Gasteiger partial charge in [-0.1, -0.05) is 24.0 Å². The van der Waals surface area contributed by atoms with Gasteiger partial charge in [0, 0.05) is 28.5 Å². The zero-order chi connectivity index (χ0) is 18.5. The number of nitrogens with zero attached hydrogens (tertiary/aromatic N) is 1. The number of hydrogen-bond donors (Lipinski definition) is 2. The Bertz CT molecular complexity index is 1030. The van der Waals surface area contributed by atoms with Gasteiger partial charge in [-0.2, -0.15) is 0 Å². The zero-order valence-corrected chi connectivity index (χ0v) is 13.9. The van der Waals surface area contributed by atoms with Gasteiger partial charge in [0.2, 0.25) is 0 Å². The minimum Gasteiger partial charge on any atom is -0.508 e. The number of aromatic carboxylic acids is 1. The second-order valence-electron chi connectivity index (χ2n) is 5.45. The Morgan fingerprint density at radius 1 is 1.08 bits per heavy atom. The number of pyridine rings is 1. The molecule has 1 heterocycles. The Balaban J connectivity index is 2.17. The highest BCUT2D eigenvalue weighted by atomic mass is 16.5. The maximum Gasteiger partial charge on any atom is 0.336 e. The number of carbonyl (C=O) groups is 1. The summed E-state index contributed by atoms with van der Waals surface area (Å²) in [4.78, 5) is 15.8. The summed E-state index contributed by atoms with van der Waals surface area (Å²) in [7, 11) is 1.52. The van der Waals surface area contributed by atoms with E-state index in [1.807, 2.05) is 0 Å². The van der Waals surface area contributed by atoms with E-state index in [2.05, 4.69) is 16.8 Å². The zero-order valence-electron chi connectivity index (χ0n) is 13.9. The molecule has 26 heavy (non-hydrogen) atoms. The van der Waals surface area contributed by atoms with Crippen molar-refractivity contribution in [2.24, 2.45) is 0 Å². The van der Waals surface area contributed by atoms with Crippen LogP contribution < -0.4 is 4.74 Å². The number of rotatable bonds is 3. The van der Waals surface area contributed by atoms with Gasteiger partial charge in [-0.05, 0) is 36.4 Å². The summed E-state index contributed by atoms with van der Waals surface area (Å²) in [6.07, 6.45) is 3.12. The van der Waals surface area contributed by atoms with Crippen LogP contribution in [0.5, 0.6) is 11.5 Å². The lowest BCUT2D eigenvalue weighted by Gasteiger charge is -2.10. The van der Waals surface area contributed by atoms with Crippen LogP contribution in [0.1, 0.15) is 21.5 Å². The molecule has 3 rings (SSSR count). The SMILES string of the molecule is COc1cncc(-c2c(C#Cc3cccc(O)c3)cccc2C(=O)O)c1. The predicted molar refractivity (Wildman–Crippen MR) is 97.3 cm³/mol. The van der Waals surface area contributed by atoms with Crippen molar-refractivity contribution in [2.45, 2.75) is 0 Å². The molecule has 2 aromatic carbocycles. The molecular formula is C21H15NO4. The fraction of sp³-hybridized carbons (Fsp3) is 0.0476. The maximum atomic E-state index is 11.7. The van der Waals surface area contributed by atoms with Crippen LogP contribution in [0.2, 0.25) is 0 Å². The summed E-state index contributed by atoms with van der Waals surface area (Å²) < 4.78 is 5.19. The van der Waals surface area contributed by atoms with Crippen molar-refractivity contribution >= 4 is 5.97 Å². The van der Waals surface area contributed by atoms with Gasteiger partial charge in [0.15, 0.2) is 0 Å². The van der Waals surface area contributed by atoms with Gasteiger partial charge in [0.1, 0.15) is 11.5 Å². The van der Waals surface area contributed by atoms with Crippen LogP contribution in [0.25, 0.3) is 11.1 Å². The van der Waals surface area contributed by atoms with Crippen molar-refractivity contribution < 1.29 is 19.7 Å². The first kappa shape index (κ1) is 17.1. The number of methoxy groups -OCH3 is 1. The Morgan fingerprint density at radius 3 is 2.62 bits per heavy atom. The summed E-state index contributed by atoms with van der Waals surface area (Å²) in [6, 6.07) is 13.2. The second kappa shape index (κ2) is 7.41. The Labute approximate surface area is 150 Å². The molecule has 0 aliphatic carbocycles. The van der Waals surface area contributed by atoms with Crippen molar-refractivity contribution in [3.8, 4) is 34.5 Å². The highest BCUT2D eigenvalue weighted by Crippen LogP contribution is 2.29. The topological polar surface area (TPSA) is 79.7 Å². The summed E-state index contributed by atoms with van der Waals surface area (Å²) in [5, 5.41) is 19.1. The third-order valence-electron chi connectivity index (χ3n) is 3.72. The number of ether oxygens (including phenoxy) is 1. The van der Waals surface area contributed by atoms with E-state index in [9.17, 15) is 15.0 Å². The number of aromatic nitrogens is 1. The Kier molecular flexibility index (Phi) is 4.86. The lowest BCUT2D eigenvalue weighted by molar-refractivity contribution is 0.0697. The van der Waals surface area contributed by atoms with Crippen molar-refractivity contribution in [1.82, 2.24) is 4.98 Å². The molecule has 0 amide bonds. The lowest BCUT2D eigenvalue weighted by Crippen LogP contribution is -2.02. The minimum atomic E-state index is -1.05. The molecule has 0 unspecified atom stereocenters. The first-order chi connectivity index (χ1) is 12.6. The van der Waals surface area contributed by atoms with E-state index in [0.717, 1.165) is 0 Å². The van der Waals surface area contributed by atoms with E-state index in [1.165, 1.54) is 13.2 Å². The van der Waals surface area contributed by atoms with E-state index in [-0.39, 0.29) is 11.3 Å². The van der Waals surface area contributed by atoms with Crippen molar-refractivity contribution in [3.05, 3.63) is 77.6 Å². The highest BCUT2D eigenvalue weighted by molar-refractivity contribution is 5.97. The molecule has 1 aromatic heterocycles. The van der Waals surface area contributed by atoms with Crippen LogP contribution in [-0.4, -0.2) is 28.3 Å². The van der Waals surface area contributed by atoms with E-state index < -0.39 is 5.97 Å². The van der Waals surface area contributed by atoms with Gasteiger partial charge >= 0.3 is 5.97 Å². The summed E-state index contributed by atoms with van der Waals surface area (Å²) in [6.45, 7) is 0. The third kappa shape index (κ3) is 3.65. The second-order valence-corrected chi connectivity index (χ2v) is 5.45. The fourth-order valence-electron chi connectivity index (χ4n) is 2.54. The monoisotopic (exact) mass is 345 g/mol. The molecule has 0 atom stereocenters. The van der Waals surface area contributed by atoms with Crippen molar-refractivity contribution in [1.29, 1.82) is 0 Å². The molecule has 3 aromatic rings. The maximum absolute atomic E-state index is 11.7. The van der Waals surface area contributed by atoms with Gasteiger partial charge in [0.05, 0.1) is 18.9 Å². The van der Waals surface area contributed by atoms with Gasteiger partial charge < -0.3 is 14.9 Å². The van der Waals surface area contributed by atoms with Gasteiger partial charge in [-0.15, -0.1) is 0 Å². The smallest absolute Gasteiger partial charge is 0.336 e. The quantitative estimate of drug-likeness (QED) is 0.710. The van der Waals surface area contributed by atoms with E-state index in [1.54, 1.807) is 54.9 Å². The molecule has 5 heteroatoms. The average molecular weight is 345 g/mol. The van der Waals surface area contributed by atoms with Crippen LogP contribution in [0, 0.1) is 11.8 Å². The number of carboxylic acid groups (broad SMARTS) is 1. The largest absolute Gasteiger partial charge is 0.508 e. The van der Waals surface area contributed by atoms with Gasteiger partial charge in [-0.25, -0.2) is 4.79 Å². The molecule has 0 aliphatic heterocycles. The number of carboxylic acids is 1. The molecule has 2 N–H and O–H groups in total. The predicted octanol–water partition coefficient (Wildman–Crippen LogP) is 3.56.